The highest BCUT2D eigenvalue weighted by Crippen LogP contribution is 2.64. The summed E-state index contributed by atoms with van der Waals surface area (Å²) in [6, 6.07) is 66.9. The van der Waals surface area contributed by atoms with Crippen molar-refractivity contribution in [1.82, 2.24) is 19.5 Å². The van der Waals surface area contributed by atoms with Gasteiger partial charge in [0.05, 0.1) is 22.1 Å². The van der Waals surface area contributed by atoms with Gasteiger partial charge in [-0.1, -0.05) is 178 Å². The molecule has 0 N–H and O–H groups in total. The van der Waals surface area contributed by atoms with E-state index >= 15 is 0 Å². The standard InChI is InChI=1S/C56H40N4O/c1-55(2,3)37-33-31-36(32-34-37)53-57-52(35-17-5-4-6-18-35)58-54(59-53)41-22-15-21-40-50-44(56(51(40)41)42-23-9-13-29-48(42)61-49-30-14-10-24-43(49)56)25-16-28-47(50)60-45-26-11-7-19-38(45)39-20-8-12-27-46(39)60/h4-34H,1-3H3. The number of nitrogens with zero attached hydrogens (tertiary/aromatic N) is 4. The molecule has 0 atom stereocenters. The molecule has 10 aromatic rings. The van der Waals surface area contributed by atoms with E-state index in [0.29, 0.717) is 17.5 Å². The van der Waals surface area contributed by atoms with E-state index in [9.17, 15) is 0 Å². The van der Waals surface area contributed by atoms with Crippen LogP contribution in [0.5, 0.6) is 11.5 Å². The molecule has 1 aliphatic heterocycles. The molecule has 0 bridgehead atoms. The lowest BCUT2D eigenvalue weighted by Gasteiger charge is -2.40. The van der Waals surface area contributed by atoms with E-state index in [4.69, 9.17) is 19.7 Å². The van der Waals surface area contributed by atoms with Gasteiger partial charge in [-0.2, -0.15) is 0 Å². The molecule has 0 fully saturated rings. The van der Waals surface area contributed by atoms with Gasteiger partial charge in [-0.25, -0.2) is 15.0 Å². The average molecular weight is 785 g/mol. The van der Waals surface area contributed by atoms with Crippen LogP contribution in [0.1, 0.15) is 48.6 Å². The smallest absolute Gasteiger partial charge is 0.164 e. The highest BCUT2D eigenvalue weighted by Gasteiger charge is 2.53. The molecule has 1 aliphatic carbocycles. The Balaban J connectivity index is 1.21. The monoisotopic (exact) mass is 784 g/mol. The molecule has 5 heteroatoms. The normalized spacial score (nSPS) is 13.4. The molecule has 1 spiro atoms. The van der Waals surface area contributed by atoms with E-state index in [-0.39, 0.29) is 5.41 Å². The molecule has 2 aromatic heterocycles. The Morgan fingerprint density at radius 2 is 0.951 bits per heavy atom. The zero-order chi connectivity index (χ0) is 40.9. The van der Waals surface area contributed by atoms with Crippen LogP contribution in [0, 0.1) is 0 Å². The molecule has 0 radical (unpaired) electrons. The molecule has 61 heavy (non-hydrogen) atoms. The van der Waals surface area contributed by atoms with Gasteiger partial charge < -0.3 is 9.30 Å². The fraction of sp³-hybridized carbons (Fsp3) is 0.0893. The number of rotatable bonds is 4. The SMILES string of the molecule is CC(C)(C)c1ccc(-c2nc(-c3ccccc3)nc(-c3cccc4c3C3(c5ccccc5Oc5ccccc53)c3cccc(-n5c6ccccc6c6ccccc65)c3-4)n2)cc1. The molecule has 290 valence electrons. The van der Waals surface area contributed by atoms with E-state index in [2.05, 4.69) is 195 Å². The molecule has 0 saturated heterocycles. The second kappa shape index (κ2) is 13.2. The summed E-state index contributed by atoms with van der Waals surface area (Å²) in [6.45, 7) is 6.71. The number of ether oxygens (including phenoxy) is 1. The first-order valence-corrected chi connectivity index (χ1v) is 21.0. The molecule has 8 aromatic carbocycles. The summed E-state index contributed by atoms with van der Waals surface area (Å²) >= 11 is 0. The summed E-state index contributed by atoms with van der Waals surface area (Å²) in [5.74, 6) is 3.54. The molecule has 0 saturated carbocycles. The summed E-state index contributed by atoms with van der Waals surface area (Å²) < 4.78 is 9.25. The van der Waals surface area contributed by atoms with Crippen LogP contribution in [-0.4, -0.2) is 19.5 Å². The molecule has 3 heterocycles. The Bertz CT molecular complexity index is 3280. The van der Waals surface area contributed by atoms with Gasteiger partial charge in [0, 0.05) is 44.2 Å². The molecule has 0 unspecified atom stereocenters. The van der Waals surface area contributed by atoms with Gasteiger partial charge in [-0.05, 0) is 58.0 Å². The lowest BCUT2D eigenvalue weighted by molar-refractivity contribution is 0.436. The Morgan fingerprint density at radius 3 is 1.59 bits per heavy atom. The van der Waals surface area contributed by atoms with Crippen LogP contribution in [0.15, 0.2) is 188 Å². The van der Waals surface area contributed by atoms with Gasteiger partial charge in [-0.3, -0.25) is 0 Å². The minimum atomic E-state index is -0.782. The Hall–Kier alpha value is -7.63. The number of aromatic nitrogens is 4. The second-order valence-corrected chi connectivity index (χ2v) is 17.1. The van der Waals surface area contributed by atoms with Gasteiger partial charge >= 0.3 is 0 Å². The van der Waals surface area contributed by atoms with Crippen molar-refractivity contribution in [2.24, 2.45) is 0 Å². The van der Waals surface area contributed by atoms with Gasteiger partial charge in [0.15, 0.2) is 17.5 Å². The topological polar surface area (TPSA) is 52.8 Å². The maximum absolute atomic E-state index is 6.80. The van der Waals surface area contributed by atoms with Gasteiger partial charge in [0.25, 0.3) is 0 Å². The van der Waals surface area contributed by atoms with E-state index in [0.717, 1.165) is 67.2 Å². The Morgan fingerprint density at radius 1 is 0.443 bits per heavy atom. The first kappa shape index (κ1) is 35.3. The Labute approximate surface area is 354 Å². The molecule has 12 rings (SSSR count). The van der Waals surface area contributed by atoms with Crippen LogP contribution >= 0.6 is 0 Å². The van der Waals surface area contributed by atoms with Crippen molar-refractivity contribution in [3.63, 3.8) is 0 Å². The lowest BCUT2D eigenvalue weighted by atomic mass is 9.65. The van der Waals surface area contributed by atoms with Crippen LogP contribution in [-0.2, 0) is 10.8 Å². The number of hydrogen-bond donors (Lipinski definition) is 0. The van der Waals surface area contributed by atoms with Crippen molar-refractivity contribution in [3.05, 3.63) is 216 Å². The van der Waals surface area contributed by atoms with Gasteiger partial charge in [0.2, 0.25) is 0 Å². The summed E-state index contributed by atoms with van der Waals surface area (Å²) in [4.78, 5) is 16.0. The van der Waals surface area contributed by atoms with Gasteiger partial charge in [-0.15, -0.1) is 0 Å². The van der Waals surface area contributed by atoms with Crippen LogP contribution in [0.4, 0.5) is 0 Å². The van der Waals surface area contributed by atoms with Crippen molar-refractivity contribution >= 4 is 21.8 Å². The fourth-order valence-corrected chi connectivity index (χ4v) is 10.0. The van der Waals surface area contributed by atoms with Crippen molar-refractivity contribution in [2.75, 3.05) is 0 Å². The quantitative estimate of drug-likeness (QED) is 0.178. The lowest BCUT2D eigenvalue weighted by Crippen LogP contribution is -2.32. The Kier molecular flexibility index (Phi) is 7.64. The highest BCUT2D eigenvalue weighted by molar-refractivity contribution is 6.10. The third kappa shape index (κ3) is 5.17. The van der Waals surface area contributed by atoms with Crippen LogP contribution in [0.25, 0.3) is 72.8 Å². The van der Waals surface area contributed by atoms with Crippen LogP contribution < -0.4 is 4.74 Å². The first-order chi connectivity index (χ1) is 29.9. The molecule has 2 aliphatic rings. The predicted molar refractivity (Wildman–Crippen MR) is 247 cm³/mol. The van der Waals surface area contributed by atoms with Crippen molar-refractivity contribution in [3.8, 4) is 62.5 Å². The van der Waals surface area contributed by atoms with Crippen molar-refractivity contribution < 1.29 is 4.74 Å². The van der Waals surface area contributed by atoms with Crippen LogP contribution in [0.3, 0.4) is 0 Å². The van der Waals surface area contributed by atoms with E-state index < -0.39 is 5.41 Å². The summed E-state index contributed by atoms with van der Waals surface area (Å²) in [6.07, 6.45) is 0. The third-order valence-corrected chi connectivity index (χ3v) is 12.7. The zero-order valence-corrected chi connectivity index (χ0v) is 34.1. The van der Waals surface area contributed by atoms with Crippen LogP contribution in [0.2, 0.25) is 0 Å². The van der Waals surface area contributed by atoms with Crippen molar-refractivity contribution in [1.29, 1.82) is 0 Å². The van der Waals surface area contributed by atoms with E-state index in [1.165, 1.54) is 27.5 Å². The maximum atomic E-state index is 6.80. The van der Waals surface area contributed by atoms with E-state index in [1.807, 2.05) is 18.2 Å². The van der Waals surface area contributed by atoms with Gasteiger partial charge in [0.1, 0.15) is 11.5 Å². The minimum Gasteiger partial charge on any atom is -0.457 e. The highest BCUT2D eigenvalue weighted by atomic mass is 16.5. The summed E-state index contributed by atoms with van der Waals surface area (Å²) in [5, 5.41) is 2.45. The largest absolute Gasteiger partial charge is 0.457 e. The number of fused-ring (bicyclic) bond motifs is 12. The second-order valence-electron chi connectivity index (χ2n) is 17.1. The first-order valence-electron chi connectivity index (χ1n) is 21.0. The predicted octanol–water partition coefficient (Wildman–Crippen LogP) is 13.7. The summed E-state index contributed by atoms with van der Waals surface area (Å²) in [7, 11) is 0. The van der Waals surface area contributed by atoms with Crippen molar-refractivity contribution in [2.45, 2.75) is 31.6 Å². The minimum absolute atomic E-state index is 0.0142. The zero-order valence-electron chi connectivity index (χ0n) is 34.1. The number of benzene rings is 8. The third-order valence-electron chi connectivity index (χ3n) is 12.7. The van der Waals surface area contributed by atoms with E-state index in [1.54, 1.807) is 0 Å². The summed E-state index contributed by atoms with van der Waals surface area (Å²) in [5.41, 5.74) is 13.5. The average Bonchev–Trinajstić information content (AvgIpc) is 3.80. The molecule has 0 amide bonds. The fourth-order valence-electron chi connectivity index (χ4n) is 10.0. The molecular weight excluding hydrogens is 745 g/mol. The maximum Gasteiger partial charge on any atom is 0.164 e. The molecular formula is C56H40N4O. The number of para-hydroxylation sites is 4. The molecule has 5 nitrogen and oxygen atoms in total. The number of hydrogen-bond acceptors (Lipinski definition) is 4.